The standard InChI is InChI=1S/C18H23BrN4O2/c1-12-10-22(17(24)25-18(2,3)4)7-8-23(12)16-14-9-13(19)5-6-15(14)20-11-21-16/h5-6,9,11-12H,7-8,10H2,1-4H3/t12-/m0/s1. The van der Waals surface area contributed by atoms with Gasteiger partial charge in [-0.25, -0.2) is 14.8 Å². The molecule has 1 aliphatic rings. The van der Waals surface area contributed by atoms with E-state index in [-0.39, 0.29) is 12.1 Å². The van der Waals surface area contributed by atoms with E-state index in [9.17, 15) is 4.79 Å². The normalized spacial score (nSPS) is 18.5. The molecule has 1 saturated heterocycles. The number of carbonyl (C=O) groups is 1. The van der Waals surface area contributed by atoms with Gasteiger partial charge in [-0.1, -0.05) is 15.9 Å². The summed E-state index contributed by atoms with van der Waals surface area (Å²) in [5.74, 6) is 0.905. The highest BCUT2D eigenvalue weighted by Crippen LogP contribution is 2.28. The van der Waals surface area contributed by atoms with E-state index in [1.54, 1.807) is 11.2 Å². The molecule has 1 aromatic carbocycles. The molecule has 0 spiro atoms. The Balaban J connectivity index is 1.81. The van der Waals surface area contributed by atoms with Crippen molar-refractivity contribution in [1.82, 2.24) is 14.9 Å². The lowest BCUT2D eigenvalue weighted by Crippen LogP contribution is -2.54. The van der Waals surface area contributed by atoms with E-state index >= 15 is 0 Å². The summed E-state index contributed by atoms with van der Waals surface area (Å²) in [6, 6.07) is 6.13. The number of amides is 1. The van der Waals surface area contributed by atoms with Crippen molar-refractivity contribution < 1.29 is 9.53 Å². The van der Waals surface area contributed by atoms with Gasteiger partial charge < -0.3 is 14.5 Å². The van der Waals surface area contributed by atoms with E-state index in [1.165, 1.54) is 0 Å². The van der Waals surface area contributed by atoms with Crippen LogP contribution in [0.4, 0.5) is 10.6 Å². The first-order valence-corrected chi connectivity index (χ1v) is 9.19. The third-order valence-corrected chi connectivity index (χ3v) is 4.62. The summed E-state index contributed by atoms with van der Waals surface area (Å²) < 4.78 is 6.49. The third-order valence-electron chi connectivity index (χ3n) is 4.13. The molecular formula is C18H23BrN4O2. The van der Waals surface area contributed by atoms with E-state index in [1.807, 2.05) is 39.0 Å². The van der Waals surface area contributed by atoms with E-state index in [2.05, 4.69) is 37.7 Å². The molecule has 2 heterocycles. The van der Waals surface area contributed by atoms with Crippen LogP contribution in [0.2, 0.25) is 0 Å². The predicted molar refractivity (Wildman–Crippen MR) is 102 cm³/mol. The molecule has 2 aromatic rings. The Bertz CT molecular complexity index is 790. The van der Waals surface area contributed by atoms with Gasteiger partial charge in [0.1, 0.15) is 17.7 Å². The Labute approximate surface area is 156 Å². The molecule has 7 heteroatoms. The van der Waals surface area contributed by atoms with E-state index in [0.29, 0.717) is 19.6 Å². The van der Waals surface area contributed by atoms with Gasteiger partial charge in [0.25, 0.3) is 0 Å². The molecule has 0 saturated carbocycles. The smallest absolute Gasteiger partial charge is 0.410 e. The third kappa shape index (κ3) is 4.03. The van der Waals surface area contributed by atoms with Gasteiger partial charge >= 0.3 is 6.09 Å². The van der Waals surface area contributed by atoms with Crippen molar-refractivity contribution in [2.75, 3.05) is 24.5 Å². The molecule has 3 rings (SSSR count). The summed E-state index contributed by atoms with van der Waals surface area (Å²) in [6.45, 7) is 9.68. The first kappa shape index (κ1) is 17.9. The number of hydrogen-bond donors (Lipinski definition) is 0. The maximum absolute atomic E-state index is 12.3. The number of carbonyl (C=O) groups excluding carboxylic acids is 1. The average Bonchev–Trinajstić information content (AvgIpc) is 2.53. The molecule has 0 radical (unpaired) electrons. The average molecular weight is 407 g/mol. The minimum absolute atomic E-state index is 0.137. The number of anilines is 1. The van der Waals surface area contributed by atoms with Crippen LogP contribution in [0.25, 0.3) is 10.9 Å². The number of halogens is 1. The number of fused-ring (bicyclic) bond motifs is 1. The first-order chi connectivity index (χ1) is 11.7. The minimum Gasteiger partial charge on any atom is -0.444 e. The number of benzene rings is 1. The van der Waals surface area contributed by atoms with Gasteiger partial charge in [0.2, 0.25) is 0 Å². The maximum Gasteiger partial charge on any atom is 0.410 e. The molecule has 0 aliphatic carbocycles. The van der Waals surface area contributed by atoms with Crippen LogP contribution >= 0.6 is 15.9 Å². The van der Waals surface area contributed by atoms with Crippen LogP contribution in [0.15, 0.2) is 29.0 Å². The Hall–Kier alpha value is -1.89. The predicted octanol–water partition coefficient (Wildman–Crippen LogP) is 3.84. The molecule has 1 aromatic heterocycles. The zero-order chi connectivity index (χ0) is 18.2. The van der Waals surface area contributed by atoms with Crippen molar-refractivity contribution >= 4 is 38.7 Å². The number of rotatable bonds is 1. The van der Waals surface area contributed by atoms with Crippen LogP contribution in [-0.2, 0) is 4.74 Å². The molecule has 1 fully saturated rings. The number of aromatic nitrogens is 2. The zero-order valence-corrected chi connectivity index (χ0v) is 16.6. The molecule has 0 unspecified atom stereocenters. The molecular weight excluding hydrogens is 384 g/mol. The van der Waals surface area contributed by atoms with Crippen molar-refractivity contribution in [3.05, 3.63) is 29.0 Å². The number of nitrogens with zero attached hydrogens (tertiary/aromatic N) is 4. The van der Waals surface area contributed by atoms with E-state index < -0.39 is 5.60 Å². The fourth-order valence-electron chi connectivity index (χ4n) is 3.01. The van der Waals surface area contributed by atoms with E-state index in [4.69, 9.17) is 4.74 Å². The topological polar surface area (TPSA) is 58.6 Å². The van der Waals surface area contributed by atoms with Crippen molar-refractivity contribution in [2.24, 2.45) is 0 Å². The second-order valence-electron chi connectivity index (χ2n) is 7.33. The number of hydrogen-bond acceptors (Lipinski definition) is 5. The van der Waals surface area contributed by atoms with Gasteiger partial charge in [0, 0.05) is 35.5 Å². The van der Waals surface area contributed by atoms with Crippen LogP contribution in [0.5, 0.6) is 0 Å². The summed E-state index contributed by atoms with van der Waals surface area (Å²) in [5, 5.41) is 1.01. The highest BCUT2D eigenvalue weighted by atomic mass is 79.9. The quantitative estimate of drug-likeness (QED) is 0.719. The molecule has 25 heavy (non-hydrogen) atoms. The second-order valence-corrected chi connectivity index (χ2v) is 8.24. The van der Waals surface area contributed by atoms with Gasteiger partial charge in [-0.15, -0.1) is 0 Å². The van der Waals surface area contributed by atoms with Gasteiger partial charge in [-0.2, -0.15) is 0 Å². The molecule has 0 bridgehead atoms. The van der Waals surface area contributed by atoms with Crippen molar-refractivity contribution in [3.8, 4) is 0 Å². The summed E-state index contributed by atoms with van der Waals surface area (Å²) >= 11 is 3.52. The van der Waals surface area contributed by atoms with Gasteiger partial charge in [0.05, 0.1) is 5.52 Å². The highest BCUT2D eigenvalue weighted by Gasteiger charge is 2.31. The maximum atomic E-state index is 12.3. The van der Waals surface area contributed by atoms with Crippen LogP contribution in [0.1, 0.15) is 27.7 Å². The largest absolute Gasteiger partial charge is 0.444 e. The molecule has 6 nitrogen and oxygen atoms in total. The van der Waals surface area contributed by atoms with Crippen molar-refractivity contribution in [2.45, 2.75) is 39.3 Å². The summed E-state index contributed by atoms with van der Waals surface area (Å²) in [7, 11) is 0. The summed E-state index contributed by atoms with van der Waals surface area (Å²) in [5.41, 5.74) is 0.432. The van der Waals surface area contributed by atoms with Gasteiger partial charge in [-0.3, -0.25) is 0 Å². The molecule has 1 atom stereocenters. The Morgan fingerprint density at radius 3 is 2.72 bits per heavy atom. The Morgan fingerprint density at radius 1 is 1.28 bits per heavy atom. The molecule has 1 amide bonds. The number of piperazine rings is 1. The highest BCUT2D eigenvalue weighted by molar-refractivity contribution is 9.10. The van der Waals surface area contributed by atoms with Crippen LogP contribution < -0.4 is 4.90 Å². The lowest BCUT2D eigenvalue weighted by Gasteiger charge is -2.41. The van der Waals surface area contributed by atoms with Crippen LogP contribution in [-0.4, -0.2) is 52.2 Å². The van der Waals surface area contributed by atoms with Gasteiger partial charge in [0.15, 0.2) is 0 Å². The van der Waals surface area contributed by atoms with Crippen LogP contribution in [0.3, 0.4) is 0 Å². The van der Waals surface area contributed by atoms with E-state index in [0.717, 1.165) is 21.2 Å². The first-order valence-electron chi connectivity index (χ1n) is 8.39. The lowest BCUT2D eigenvalue weighted by molar-refractivity contribution is 0.0218. The van der Waals surface area contributed by atoms with Crippen molar-refractivity contribution in [1.29, 1.82) is 0 Å². The molecule has 0 N–H and O–H groups in total. The fourth-order valence-corrected chi connectivity index (χ4v) is 3.37. The monoisotopic (exact) mass is 406 g/mol. The summed E-state index contributed by atoms with van der Waals surface area (Å²) in [6.07, 6.45) is 1.34. The van der Waals surface area contributed by atoms with Gasteiger partial charge in [-0.05, 0) is 45.9 Å². The minimum atomic E-state index is -0.480. The van der Waals surface area contributed by atoms with Crippen molar-refractivity contribution in [3.63, 3.8) is 0 Å². The summed E-state index contributed by atoms with van der Waals surface area (Å²) in [4.78, 5) is 25.2. The molecule has 1 aliphatic heterocycles. The Kier molecular flexibility index (Phi) is 4.86. The zero-order valence-electron chi connectivity index (χ0n) is 15.0. The number of ether oxygens (including phenoxy) is 1. The second kappa shape index (κ2) is 6.78. The fraction of sp³-hybridized carbons (Fsp3) is 0.500. The SMILES string of the molecule is C[C@H]1CN(C(=O)OC(C)(C)C)CCN1c1ncnc2ccc(Br)cc12. The molecule has 134 valence electrons. The lowest BCUT2D eigenvalue weighted by atomic mass is 10.1. The van der Waals surface area contributed by atoms with Crippen LogP contribution in [0, 0.1) is 0 Å². The Morgan fingerprint density at radius 2 is 2.04 bits per heavy atom.